The average molecular weight is 407 g/mol. The van der Waals surface area contributed by atoms with E-state index in [1.165, 1.54) is 0 Å². The highest BCUT2D eigenvalue weighted by Gasteiger charge is 2.41. The van der Waals surface area contributed by atoms with Crippen LogP contribution in [0.3, 0.4) is 0 Å². The van der Waals surface area contributed by atoms with E-state index in [1.807, 2.05) is 36.4 Å². The first-order chi connectivity index (χ1) is 14.5. The molecule has 4 rings (SSSR count). The third-order valence-corrected chi connectivity index (χ3v) is 5.70. The van der Waals surface area contributed by atoms with Crippen molar-refractivity contribution in [2.24, 2.45) is 0 Å². The van der Waals surface area contributed by atoms with Crippen LogP contribution in [0.5, 0.6) is 5.75 Å². The zero-order valence-electron chi connectivity index (χ0n) is 17.0. The summed E-state index contributed by atoms with van der Waals surface area (Å²) in [5, 5.41) is 2.90. The summed E-state index contributed by atoms with van der Waals surface area (Å²) in [5.41, 5.74) is 2.43. The van der Waals surface area contributed by atoms with E-state index in [1.54, 1.807) is 29.0 Å². The molecule has 3 amide bonds. The molecule has 0 aliphatic carbocycles. The van der Waals surface area contributed by atoms with Gasteiger partial charge in [0.1, 0.15) is 18.3 Å². The van der Waals surface area contributed by atoms with Gasteiger partial charge in [0.15, 0.2) is 0 Å². The lowest BCUT2D eigenvalue weighted by molar-refractivity contribution is -0.154. The number of benzene rings is 2. The SMILES string of the molecule is COc1ccc(CNC(=O)c2ccc(CN3CC(=O)N4CCCC4C3=O)cc2)cc1. The molecule has 2 aromatic rings. The fraction of sp³-hybridized carbons (Fsp3) is 0.348. The lowest BCUT2D eigenvalue weighted by Crippen LogP contribution is -2.56. The molecule has 0 radical (unpaired) electrons. The van der Waals surface area contributed by atoms with E-state index < -0.39 is 0 Å². The molecule has 0 bridgehead atoms. The minimum atomic E-state index is -0.297. The molecule has 2 aliphatic heterocycles. The number of carbonyl (C=O) groups excluding carboxylic acids is 3. The van der Waals surface area contributed by atoms with Crippen LogP contribution in [0.25, 0.3) is 0 Å². The van der Waals surface area contributed by atoms with Crippen molar-refractivity contribution in [1.29, 1.82) is 0 Å². The van der Waals surface area contributed by atoms with Crippen LogP contribution in [0, 0.1) is 0 Å². The molecule has 1 unspecified atom stereocenters. The van der Waals surface area contributed by atoms with Gasteiger partial charge in [0.05, 0.1) is 7.11 Å². The van der Waals surface area contributed by atoms with E-state index in [2.05, 4.69) is 5.32 Å². The minimum absolute atomic E-state index is 0.0200. The summed E-state index contributed by atoms with van der Waals surface area (Å²) in [6.07, 6.45) is 1.63. The molecule has 7 nitrogen and oxygen atoms in total. The van der Waals surface area contributed by atoms with Crippen molar-refractivity contribution in [2.45, 2.75) is 32.0 Å². The van der Waals surface area contributed by atoms with Gasteiger partial charge in [0.2, 0.25) is 11.8 Å². The summed E-state index contributed by atoms with van der Waals surface area (Å²) in [6.45, 7) is 1.61. The molecular formula is C23H25N3O4. The van der Waals surface area contributed by atoms with Crippen LogP contribution in [-0.2, 0) is 22.7 Å². The molecule has 2 fully saturated rings. The first-order valence-corrected chi connectivity index (χ1v) is 10.1. The number of methoxy groups -OCH3 is 1. The Kier molecular flexibility index (Phi) is 5.70. The van der Waals surface area contributed by atoms with Crippen LogP contribution in [0.4, 0.5) is 0 Å². The lowest BCUT2D eigenvalue weighted by atomic mass is 10.1. The van der Waals surface area contributed by atoms with Crippen molar-refractivity contribution < 1.29 is 19.1 Å². The van der Waals surface area contributed by atoms with Gasteiger partial charge in [0.25, 0.3) is 5.91 Å². The van der Waals surface area contributed by atoms with Gasteiger partial charge >= 0.3 is 0 Å². The maximum Gasteiger partial charge on any atom is 0.251 e. The van der Waals surface area contributed by atoms with Crippen LogP contribution in [0.1, 0.15) is 34.3 Å². The van der Waals surface area contributed by atoms with Crippen molar-refractivity contribution in [2.75, 3.05) is 20.2 Å². The number of carbonyl (C=O) groups is 3. The van der Waals surface area contributed by atoms with Crippen molar-refractivity contribution >= 4 is 17.7 Å². The molecule has 0 aromatic heterocycles. The second-order valence-corrected chi connectivity index (χ2v) is 7.67. The number of nitrogens with one attached hydrogen (secondary N) is 1. The number of hydrogen-bond donors (Lipinski definition) is 1. The molecule has 30 heavy (non-hydrogen) atoms. The molecule has 0 saturated carbocycles. The molecule has 2 aliphatic rings. The van der Waals surface area contributed by atoms with Gasteiger partial charge in [0, 0.05) is 25.2 Å². The third-order valence-electron chi connectivity index (χ3n) is 5.70. The number of piperazine rings is 1. The van der Waals surface area contributed by atoms with Gasteiger partial charge < -0.3 is 19.9 Å². The van der Waals surface area contributed by atoms with Gasteiger partial charge in [-0.25, -0.2) is 0 Å². The fourth-order valence-electron chi connectivity index (χ4n) is 4.01. The summed E-state index contributed by atoms with van der Waals surface area (Å²) < 4.78 is 5.13. The quantitative estimate of drug-likeness (QED) is 0.794. The number of amides is 3. The number of fused-ring (bicyclic) bond motifs is 1. The van der Waals surface area contributed by atoms with E-state index >= 15 is 0 Å². The van der Waals surface area contributed by atoms with Crippen LogP contribution < -0.4 is 10.1 Å². The smallest absolute Gasteiger partial charge is 0.251 e. The Morgan fingerprint density at radius 1 is 1.07 bits per heavy atom. The molecule has 7 heteroatoms. The Labute approximate surface area is 175 Å². The number of nitrogens with zero attached hydrogens (tertiary/aromatic N) is 2. The van der Waals surface area contributed by atoms with Gasteiger partial charge in [-0.1, -0.05) is 24.3 Å². The van der Waals surface area contributed by atoms with E-state index in [4.69, 9.17) is 4.74 Å². The van der Waals surface area contributed by atoms with Crippen molar-refractivity contribution in [1.82, 2.24) is 15.1 Å². The van der Waals surface area contributed by atoms with E-state index in [-0.39, 0.29) is 30.3 Å². The molecule has 2 aromatic carbocycles. The molecule has 2 heterocycles. The molecule has 2 saturated heterocycles. The minimum Gasteiger partial charge on any atom is -0.497 e. The van der Waals surface area contributed by atoms with Crippen molar-refractivity contribution in [3.8, 4) is 5.75 Å². The predicted octanol–water partition coefficient (Wildman–Crippen LogP) is 1.96. The average Bonchev–Trinajstić information content (AvgIpc) is 3.27. The normalized spacial score (nSPS) is 18.4. The molecule has 156 valence electrons. The Morgan fingerprint density at radius 2 is 1.77 bits per heavy atom. The Bertz CT molecular complexity index is 940. The lowest BCUT2D eigenvalue weighted by Gasteiger charge is -2.36. The van der Waals surface area contributed by atoms with Crippen LogP contribution in [0.2, 0.25) is 0 Å². The highest BCUT2D eigenvalue weighted by molar-refractivity contribution is 5.95. The topological polar surface area (TPSA) is 79.0 Å². The largest absolute Gasteiger partial charge is 0.497 e. The Balaban J connectivity index is 1.33. The third kappa shape index (κ3) is 4.15. The fourth-order valence-corrected chi connectivity index (χ4v) is 4.01. The van der Waals surface area contributed by atoms with E-state index in [0.29, 0.717) is 25.2 Å². The number of rotatable bonds is 6. The highest BCUT2D eigenvalue weighted by Crippen LogP contribution is 2.24. The zero-order chi connectivity index (χ0) is 21.1. The highest BCUT2D eigenvalue weighted by atomic mass is 16.5. The summed E-state index contributed by atoms with van der Waals surface area (Å²) in [6, 6.07) is 14.4. The number of hydrogen-bond acceptors (Lipinski definition) is 4. The summed E-state index contributed by atoms with van der Waals surface area (Å²) in [7, 11) is 1.61. The number of ether oxygens (including phenoxy) is 1. The van der Waals surface area contributed by atoms with Crippen molar-refractivity contribution in [3.63, 3.8) is 0 Å². The summed E-state index contributed by atoms with van der Waals surface area (Å²) >= 11 is 0. The second-order valence-electron chi connectivity index (χ2n) is 7.67. The zero-order valence-corrected chi connectivity index (χ0v) is 17.0. The maximum absolute atomic E-state index is 12.7. The standard InChI is InChI=1S/C23H25N3O4/c1-30-19-10-6-16(7-11-19)13-24-22(28)18-8-4-17(5-9-18)14-25-15-21(27)26-12-2-3-20(26)23(25)29/h4-11,20H,2-3,12-15H2,1H3,(H,24,28). The van der Waals surface area contributed by atoms with Crippen LogP contribution in [-0.4, -0.2) is 53.8 Å². The Morgan fingerprint density at radius 3 is 2.47 bits per heavy atom. The Hall–Kier alpha value is -3.35. The first-order valence-electron chi connectivity index (χ1n) is 10.1. The van der Waals surface area contributed by atoms with Gasteiger partial charge in [-0.2, -0.15) is 0 Å². The van der Waals surface area contributed by atoms with Crippen molar-refractivity contribution in [3.05, 3.63) is 65.2 Å². The van der Waals surface area contributed by atoms with Gasteiger partial charge in [-0.3, -0.25) is 14.4 Å². The monoisotopic (exact) mass is 407 g/mol. The summed E-state index contributed by atoms with van der Waals surface area (Å²) in [5.74, 6) is 0.651. The first kappa shape index (κ1) is 19.9. The van der Waals surface area contributed by atoms with Gasteiger partial charge in [-0.15, -0.1) is 0 Å². The molecule has 1 N–H and O–H groups in total. The van der Waals surface area contributed by atoms with E-state index in [9.17, 15) is 14.4 Å². The second kappa shape index (κ2) is 8.57. The van der Waals surface area contributed by atoms with Crippen LogP contribution in [0.15, 0.2) is 48.5 Å². The van der Waals surface area contributed by atoms with Gasteiger partial charge in [-0.05, 0) is 48.2 Å². The maximum atomic E-state index is 12.7. The molecule has 1 atom stereocenters. The summed E-state index contributed by atoms with van der Waals surface area (Å²) in [4.78, 5) is 40.6. The molecule has 0 spiro atoms. The predicted molar refractivity (Wildman–Crippen MR) is 111 cm³/mol. The van der Waals surface area contributed by atoms with Crippen LogP contribution >= 0.6 is 0 Å². The van der Waals surface area contributed by atoms with E-state index in [0.717, 1.165) is 29.7 Å². The molecular weight excluding hydrogens is 382 g/mol.